The number of aryl methyl sites for hydroxylation is 1. The molecule has 0 fully saturated rings. The zero-order valence-electron chi connectivity index (χ0n) is 11.0. The van der Waals surface area contributed by atoms with Crippen LogP contribution >= 0.6 is 27.3 Å². The fourth-order valence-corrected chi connectivity index (χ4v) is 3.37. The predicted octanol–water partition coefficient (Wildman–Crippen LogP) is 4.03. The van der Waals surface area contributed by atoms with Gasteiger partial charge < -0.3 is 5.32 Å². The van der Waals surface area contributed by atoms with Crippen molar-refractivity contribution in [2.75, 3.05) is 5.32 Å². The van der Waals surface area contributed by atoms with Gasteiger partial charge in [-0.15, -0.1) is 0 Å². The topological polar surface area (TPSA) is 54.9 Å². The number of carbonyl (C=O) groups is 1. The van der Waals surface area contributed by atoms with Gasteiger partial charge in [0.1, 0.15) is 0 Å². The van der Waals surface area contributed by atoms with Crippen molar-refractivity contribution in [2.24, 2.45) is 0 Å². The lowest BCUT2D eigenvalue weighted by Crippen LogP contribution is -2.12. The standard InChI is InChI=1S/C15H12BrN3OS/c16-11-4-5-12-13(8-11)21-15(18-12)19-14(20)6-3-10-2-1-7-17-9-10/h1-2,4-5,7-9H,3,6H2,(H,18,19,20). The first kappa shape index (κ1) is 14.2. The molecule has 0 bridgehead atoms. The molecule has 1 amide bonds. The monoisotopic (exact) mass is 361 g/mol. The number of hydrogen-bond donors (Lipinski definition) is 1. The van der Waals surface area contributed by atoms with E-state index in [0.717, 1.165) is 20.3 Å². The smallest absolute Gasteiger partial charge is 0.226 e. The molecule has 0 aliphatic carbocycles. The maximum Gasteiger partial charge on any atom is 0.226 e. The second-order valence-electron chi connectivity index (χ2n) is 4.54. The van der Waals surface area contributed by atoms with Crippen LogP contribution < -0.4 is 5.32 Å². The van der Waals surface area contributed by atoms with Crippen LogP contribution in [0, 0.1) is 0 Å². The number of fused-ring (bicyclic) bond motifs is 1. The molecule has 0 saturated carbocycles. The number of amides is 1. The highest BCUT2D eigenvalue weighted by Crippen LogP contribution is 2.28. The summed E-state index contributed by atoms with van der Waals surface area (Å²) >= 11 is 4.90. The first-order chi connectivity index (χ1) is 10.2. The Morgan fingerprint density at radius 3 is 3.05 bits per heavy atom. The van der Waals surface area contributed by atoms with E-state index in [1.54, 1.807) is 12.4 Å². The molecule has 2 aromatic heterocycles. The van der Waals surface area contributed by atoms with Crippen molar-refractivity contribution in [1.29, 1.82) is 0 Å². The molecule has 2 heterocycles. The third-order valence-corrected chi connectivity index (χ3v) is 4.39. The summed E-state index contributed by atoms with van der Waals surface area (Å²) in [7, 11) is 0. The lowest BCUT2D eigenvalue weighted by Gasteiger charge is -2.01. The number of anilines is 1. The van der Waals surface area contributed by atoms with Gasteiger partial charge in [-0.05, 0) is 36.2 Å². The molecular formula is C15H12BrN3OS. The fourth-order valence-electron chi connectivity index (χ4n) is 1.94. The van der Waals surface area contributed by atoms with Crippen LogP contribution in [0.5, 0.6) is 0 Å². The van der Waals surface area contributed by atoms with E-state index >= 15 is 0 Å². The Hall–Kier alpha value is -1.79. The van der Waals surface area contributed by atoms with Crippen molar-refractivity contribution in [2.45, 2.75) is 12.8 Å². The Balaban J connectivity index is 1.63. The van der Waals surface area contributed by atoms with Gasteiger partial charge in [0.25, 0.3) is 0 Å². The van der Waals surface area contributed by atoms with Gasteiger partial charge in [-0.2, -0.15) is 0 Å². The number of rotatable bonds is 4. The summed E-state index contributed by atoms with van der Waals surface area (Å²) < 4.78 is 2.06. The van der Waals surface area contributed by atoms with Crippen molar-refractivity contribution in [3.05, 3.63) is 52.8 Å². The van der Waals surface area contributed by atoms with E-state index in [9.17, 15) is 4.79 Å². The van der Waals surface area contributed by atoms with Crippen molar-refractivity contribution in [3.8, 4) is 0 Å². The van der Waals surface area contributed by atoms with E-state index in [4.69, 9.17) is 0 Å². The number of benzene rings is 1. The molecule has 106 valence electrons. The molecule has 21 heavy (non-hydrogen) atoms. The molecule has 3 rings (SSSR count). The van der Waals surface area contributed by atoms with Gasteiger partial charge in [-0.25, -0.2) is 4.98 Å². The summed E-state index contributed by atoms with van der Waals surface area (Å²) in [6, 6.07) is 9.71. The molecule has 1 N–H and O–H groups in total. The van der Waals surface area contributed by atoms with Crippen LogP contribution in [0.2, 0.25) is 0 Å². The summed E-state index contributed by atoms with van der Waals surface area (Å²) in [5.74, 6) is -0.0306. The van der Waals surface area contributed by atoms with Gasteiger partial charge in [0.15, 0.2) is 5.13 Å². The number of hydrogen-bond acceptors (Lipinski definition) is 4. The Bertz CT molecular complexity index is 773. The molecule has 6 heteroatoms. The van der Waals surface area contributed by atoms with Crippen molar-refractivity contribution >= 4 is 48.5 Å². The number of halogens is 1. The minimum Gasteiger partial charge on any atom is -0.302 e. The van der Waals surface area contributed by atoms with Gasteiger partial charge in [0.2, 0.25) is 5.91 Å². The fraction of sp³-hybridized carbons (Fsp3) is 0.133. The first-order valence-corrected chi connectivity index (χ1v) is 8.06. The summed E-state index contributed by atoms with van der Waals surface area (Å²) in [4.78, 5) is 20.4. The molecule has 0 radical (unpaired) electrons. The number of nitrogens with one attached hydrogen (secondary N) is 1. The summed E-state index contributed by atoms with van der Waals surface area (Å²) in [5.41, 5.74) is 1.95. The average molecular weight is 362 g/mol. The van der Waals surface area contributed by atoms with E-state index in [1.807, 2.05) is 30.3 Å². The van der Waals surface area contributed by atoms with Crippen LogP contribution in [0.1, 0.15) is 12.0 Å². The molecule has 0 saturated heterocycles. The molecule has 0 aliphatic rings. The Morgan fingerprint density at radius 2 is 2.24 bits per heavy atom. The summed E-state index contributed by atoms with van der Waals surface area (Å²) in [5, 5.41) is 3.49. The predicted molar refractivity (Wildman–Crippen MR) is 88.5 cm³/mol. The lowest BCUT2D eigenvalue weighted by molar-refractivity contribution is -0.116. The van der Waals surface area contributed by atoms with Crippen LogP contribution in [-0.4, -0.2) is 15.9 Å². The maximum absolute atomic E-state index is 12.0. The van der Waals surface area contributed by atoms with Gasteiger partial charge in [0, 0.05) is 23.3 Å². The highest BCUT2D eigenvalue weighted by molar-refractivity contribution is 9.10. The third kappa shape index (κ3) is 3.65. The SMILES string of the molecule is O=C(CCc1cccnc1)Nc1nc2ccc(Br)cc2s1. The molecule has 3 aromatic rings. The van der Waals surface area contributed by atoms with Gasteiger partial charge in [-0.1, -0.05) is 33.3 Å². The van der Waals surface area contributed by atoms with Gasteiger partial charge >= 0.3 is 0 Å². The van der Waals surface area contributed by atoms with Gasteiger partial charge in [0.05, 0.1) is 10.2 Å². The first-order valence-electron chi connectivity index (χ1n) is 6.45. The minimum atomic E-state index is -0.0306. The zero-order chi connectivity index (χ0) is 14.7. The highest BCUT2D eigenvalue weighted by atomic mass is 79.9. The Labute approximate surface area is 134 Å². The molecule has 4 nitrogen and oxygen atoms in total. The van der Waals surface area contributed by atoms with E-state index in [1.165, 1.54) is 11.3 Å². The maximum atomic E-state index is 12.0. The number of nitrogens with zero attached hydrogens (tertiary/aromatic N) is 2. The molecule has 0 atom stereocenters. The van der Waals surface area contributed by atoms with Crippen LogP contribution in [-0.2, 0) is 11.2 Å². The largest absolute Gasteiger partial charge is 0.302 e. The normalized spacial score (nSPS) is 10.7. The summed E-state index contributed by atoms with van der Waals surface area (Å²) in [6.07, 6.45) is 4.60. The van der Waals surface area contributed by atoms with Crippen LogP contribution in [0.15, 0.2) is 47.2 Å². The third-order valence-electron chi connectivity index (χ3n) is 2.96. The zero-order valence-corrected chi connectivity index (χ0v) is 13.4. The number of pyridine rings is 1. The lowest BCUT2D eigenvalue weighted by atomic mass is 10.1. The van der Waals surface area contributed by atoms with Crippen LogP contribution in [0.3, 0.4) is 0 Å². The van der Waals surface area contributed by atoms with E-state index in [2.05, 4.69) is 31.2 Å². The Kier molecular flexibility index (Phi) is 4.26. The summed E-state index contributed by atoms with van der Waals surface area (Å²) in [6.45, 7) is 0. The second kappa shape index (κ2) is 6.32. The quantitative estimate of drug-likeness (QED) is 0.763. The minimum absolute atomic E-state index is 0.0306. The second-order valence-corrected chi connectivity index (χ2v) is 6.49. The van der Waals surface area contributed by atoms with Crippen molar-refractivity contribution in [3.63, 3.8) is 0 Å². The van der Waals surface area contributed by atoms with E-state index in [0.29, 0.717) is 18.0 Å². The Morgan fingerprint density at radius 1 is 1.33 bits per heavy atom. The van der Waals surface area contributed by atoms with Crippen LogP contribution in [0.4, 0.5) is 5.13 Å². The van der Waals surface area contributed by atoms with Crippen LogP contribution in [0.25, 0.3) is 10.2 Å². The highest BCUT2D eigenvalue weighted by Gasteiger charge is 2.08. The molecule has 0 unspecified atom stereocenters. The molecular weight excluding hydrogens is 350 g/mol. The van der Waals surface area contributed by atoms with Crippen molar-refractivity contribution < 1.29 is 4.79 Å². The van der Waals surface area contributed by atoms with Crippen molar-refractivity contribution in [1.82, 2.24) is 9.97 Å². The van der Waals surface area contributed by atoms with Gasteiger partial charge in [-0.3, -0.25) is 9.78 Å². The number of aromatic nitrogens is 2. The number of thiazole rings is 1. The average Bonchev–Trinajstić information content (AvgIpc) is 2.87. The molecule has 1 aromatic carbocycles. The van der Waals surface area contributed by atoms with E-state index in [-0.39, 0.29) is 5.91 Å². The molecule has 0 spiro atoms. The number of carbonyl (C=O) groups excluding carboxylic acids is 1. The molecule has 0 aliphatic heterocycles. The van der Waals surface area contributed by atoms with E-state index < -0.39 is 0 Å².